The molecule has 17 heavy (non-hydrogen) atoms. The molecule has 0 atom stereocenters. The largest absolute Gasteiger partial charge is 0.304 e. The number of halogens is 1. The summed E-state index contributed by atoms with van der Waals surface area (Å²) in [4.78, 5) is 6.90. The molecule has 0 saturated carbocycles. The van der Waals surface area contributed by atoms with Crippen LogP contribution in [0.2, 0.25) is 0 Å². The SMILES string of the molecule is CC(C)c1nc2ccc(Br)cn2c1CN(C)C. The van der Waals surface area contributed by atoms with Gasteiger partial charge in [-0.15, -0.1) is 0 Å². The summed E-state index contributed by atoms with van der Waals surface area (Å²) >= 11 is 3.52. The van der Waals surface area contributed by atoms with E-state index < -0.39 is 0 Å². The Bertz CT molecular complexity index is 529. The summed E-state index contributed by atoms with van der Waals surface area (Å²) < 4.78 is 3.26. The molecule has 3 nitrogen and oxygen atoms in total. The first-order chi connectivity index (χ1) is 7.99. The summed E-state index contributed by atoms with van der Waals surface area (Å²) in [6.45, 7) is 5.29. The quantitative estimate of drug-likeness (QED) is 0.866. The van der Waals surface area contributed by atoms with E-state index in [0.717, 1.165) is 16.7 Å². The fourth-order valence-electron chi connectivity index (χ4n) is 2.00. The van der Waals surface area contributed by atoms with Crippen molar-refractivity contribution in [2.24, 2.45) is 0 Å². The second-order valence-corrected chi connectivity index (χ2v) is 5.83. The van der Waals surface area contributed by atoms with Crippen LogP contribution in [-0.2, 0) is 6.54 Å². The average Bonchev–Trinajstić information content (AvgIpc) is 2.56. The summed E-state index contributed by atoms with van der Waals surface area (Å²) in [7, 11) is 4.17. The maximum atomic E-state index is 4.72. The molecular weight excluding hydrogens is 278 g/mol. The first-order valence-corrected chi connectivity index (χ1v) is 6.59. The van der Waals surface area contributed by atoms with Gasteiger partial charge in [-0.25, -0.2) is 4.98 Å². The highest BCUT2D eigenvalue weighted by Crippen LogP contribution is 2.23. The third kappa shape index (κ3) is 2.53. The highest BCUT2D eigenvalue weighted by atomic mass is 79.9. The zero-order chi connectivity index (χ0) is 12.6. The number of nitrogens with zero attached hydrogens (tertiary/aromatic N) is 3. The number of imidazole rings is 1. The van der Waals surface area contributed by atoms with Gasteiger partial charge in [0, 0.05) is 17.2 Å². The molecule has 0 spiro atoms. The van der Waals surface area contributed by atoms with Crippen LogP contribution in [0.25, 0.3) is 5.65 Å². The molecule has 0 unspecified atom stereocenters. The highest BCUT2D eigenvalue weighted by Gasteiger charge is 2.15. The number of hydrogen-bond donors (Lipinski definition) is 0. The van der Waals surface area contributed by atoms with E-state index in [1.807, 2.05) is 6.07 Å². The number of aromatic nitrogens is 2. The molecule has 2 heterocycles. The van der Waals surface area contributed by atoms with Crippen LogP contribution in [0.4, 0.5) is 0 Å². The summed E-state index contributed by atoms with van der Waals surface area (Å²) in [5.41, 5.74) is 3.49. The zero-order valence-electron chi connectivity index (χ0n) is 10.7. The molecule has 0 aromatic carbocycles. The Balaban J connectivity index is 2.64. The van der Waals surface area contributed by atoms with Crippen LogP contribution in [0.1, 0.15) is 31.2 Å². The van der Waals surface area contributed by atoms with Gasteiger partial charge in [-0.3, -0.25) is 0 Å². The molecule has 0 aliphatic carbocycles. The molecular formula is C13H18BrN3. The van der Waals surface area contributed by atoms with Gasteiger partial charge >= 0.3 is 0 Å². The molecule has 2 aromatic heterocycles. The minimum absolute atomic E-state index is 0.448. The van der Waals surface area contributed by atoms with E-state index in [1.54, 1.807) is 0 Å². The Morgan fingerprint density at radius 1 is 1.35 bits per heavy atom. The van der Waals surface area contributed by atoms with E-state index in [1.165, 1.54) is 11.4 Å². The molecule has 0 fully saturated rings. The molecule has 2 rings (SSSR count). The number of fused-ring (bicyclic) bond motifs is 1. The van der Waals surface area contributed by atoms with Crippen LogP contribution in [0.15, 0.2) is 22.8 Å². The predicted molar refractivity (Wildman–Crippen MR) is 74.4 cm³/mol. The summed E-state index contributed by atoms with van der Waals surface area (Å²) in [5, 5.41) is 0. The Kier molecular flexibility index (Phi) is 3.54. The minimum atomic E-state index is 0.448. The fraction of sp³-hybridized carbons (Fsp3) is 0.462. The third-order valence-electron chi connectivity index (χ3n) is 2.73. The molecule has 2 aromatic rings. The Morgan fingerprint density at radius 3 is 2.65 bits per heavy atom. The molecule has 92 valence electrons. The number of rotatable bonds is 3. The predicted octanol–water partition coefficient (Wildman–Crippen LogP) is 3.28. The Hall–Kier alpha value is -0.870. The topological polar surface area (TPSA) is 20.5 Å². The smallest absolute Gasteiger partial charge is 0.137 e. The van der Waals surface area contributed by atoms with E-state index >= 15 is 0 Å². The molecule has 0 N–H and O–H groups in total. The number of pyridine rings is 1. The second-order valence-electron chi connectivity index (χ2n) is 4.91. The maximum Gasteiger partial charge on any atom is 0.137 e. The summed E-state index contributed by atoms with van der Waals surface area (Å²) in [5.74, 6) is 0.448. The summed E-state index contributed by atoms with van der Waals surface area (Å²) in [6, 6.07) is 4.08. The van der Waals surface area contributed by atoms with Gasteiger partial charge in [-0.05, 0) is 48.1 Å². The van der Waals surface area contributed by atoms with Crippen LogP contribution in [0.3, 0.4) is 0 Å². The van der Waals surface area contributed by atoms with Gasteiger partial charge in [0.15, 0.2) is 0 Å². The van der Waals surface area contributed by atoms with Gasteiger partial charge < -0.3 is 9.30 Å². The van der Waals surface area contributed by atoms with Crippen molar-refractivity contribution >= 4 is 21.6 Å². The first-order valence-electron chi connectivity index (χ1n) is 5.80. The Morgan fingerprint density at radius 2 is 2.06 bits per heavy atom. The molecule has 4 heteroatoms. The van der Waals surface area contributed by atoms with Crippen molar-refractivity contribution < 1.29 is 0 Å². The van der Waals surface area contributed by atoms with Gasteiger partial charge in [-0.2, -0.15) is 0 Å². The van der Waals surface area contributed by atoms with E-state index in [4.69, 9.17) is 4.98 Å². The van der Waals surface area contributed by atoms with E-state index in [-0.39, 0.29) is 0 Å². The molecule has 0 bridgehead atoms. The van der Waals surface area contributed by atoms with Crippen LogP contribution in [0.5, 0.6) is 0 Å². The molecule has 0 radical (unpaired) electrons. The van der Waals surface area contributed by atoms with Crippen molar-refractivity contribution in [2.75, 3.05) is 14.1 Å². The van der Waals surface area contributed by atoms with Gasteiger partial charge in [0.2, 0.25) is 0 Å². The van der Waals surface area contributed by atoms with Crippen molar-refractivity contribution in [1.82, 2.24) is 14.3 Å². The van der Waals surface area contributed by atoms with Crippen molar-refractivity contribution in [3.63, 3.8) is 0 Å². The lowest BCUT2D eigenvalue weighted by Gasteiger charge is -2.12. The van der Waals surface area contributed by atoms with Gasteiger partial charge in [0.25, 0.3) is 0 Å². The van der Waals surface area contributed by atoms with E-state index in [2.05, 4.69) is 65.4 Å². The minimum Gasteiger partial charge on any atom is -0.304 e. The standard InChI is InChI=1S/C13H18BrN3/c1-9(2)13-11(8-16(3)4)17-7-10(14)5-6-12(17)15-13/h5-7,9H,8H2,1-4H3. The number of hydrogen-bond acceptors (Lipinski definition) is 2. The molecule has 0 amide bonds. The summed E-state index contributed by atoms with van der Waals surface area (Å²) in [6.07, 6.45) is 2.09. The lowest BCUT2D eigenvalue weighted by atomic mass is 10.1. The molecule has 0 aliphatic rings. The molecule has 0 saturated heterocycles. The van der Waals surface area contributed by atoms with Crippen LogP contribution < -0.4 is 0 Å². The van der Waals surface area contributed by atoms with Crippen molar-refractivity contribution in [2.45, 2.75) is 26.3 Å². The monoisotopic (exact) mass is 295 g/mol. The van der Waals surface area contributed by atoms with Crippen molar-refractivity contribution in [3.8, 4) is 0 Å². The van der Waals surface area contributed by atoms with Crippen LogP contribution >= 0.6 is 15.9 Å². The van der Waals surface area contributed by atoms with Crippen LogP contribution in [-0.4, -0.2) is 28.4 Å². The molecule has 0 aliphatic heterocycles. The Labute approximate surface area is 111 Å². The maximum absolute atomic E-state index is 4.72. The van der Waals surface area contributed by atoms with Crippen molar-refractivity contribution in [3.05, 3.63) is 34.2 Å². The first kappa shape index (κ1) is 12.6. The lowest BCUT2D eigenvalue weighted by molar-refractivity contribution is 0.393. The van der Waals surface area contributed by atoms with Gasteiger partial charge in [-0.1, -0.05) is 13.8 Å². The third-order valence-corrected chi connectivity index (χ3v) is 3.19. The lowest BCUT2D eigenvalue weighted by Crippen LogP contribution is -2.14. The van der Waals surface area contributed by atoms with E-state index in [9.17, 15) is 0 Å². The highest BCUT2D eigenvalue weighted by molar-refractivity contribution is 9.10. The van der Waals surface area contributed by atoms with Crippen LogP contribution in [0, 0.1) is 0 Å². The van der Waals surface area contributed by atoms with E-state index in [0.29, 0.717) is 5.92 Å². The zero-order valence-corrected chi connectivity index (χ0v) is 12.3. The second kappa shape index (κ2) is 4.78. The van der Waals surface area contributed by atoms with Gasteiger partial charge in [0.1, 0.15) is 5.65 Å². The fourth-order valence-corrected chi connectivity index (χ4v) is 2.34. The van der Waals surface area contributed by atoms with Gasteiger partial charge in [0.05, 0.1) is 11.4 Å². The normalized spacial score (nSPS) is 11.9. The van der Waals surface area contributed by atoms with Crippen molar-refractivity contribution in [1.29, 1.82) is 0 Å². The average molecular weight is 296 g/mol.